The summed E-state index contributed by atoms with van der Waals surface area (Å²) < 4.78 is 5.99. The first-order valence-corrected chi connectivity index (χ1v) is 11.7. The number of ether oxygens (including phenoxy) is 1. The Morgan fingerprint density at radius 1 is 1.10 bits per heavy atom. The molecule has 2 saturated heterocycles. The minimum absolute atomic E-state index is 0.497. The zero-order chi connectivity index (χ0) is 20.3. The topological polar surface area (TPSA) is 50.3 Å². The molecule has 5 rings (SSSR count). The van der Waals surface area contributed by atoms with E-state index in [0.29, 0.717) is 23.8 Å². The standard InChI is InChI=1S/C25H34N4O/c1-18-14-27-25(28-24(18)22-8-9-26-15-22)30-17-20-12-23(13-20)21-6-4-19(5-7-21)16-29-10-2-3-11-29/h4-7,14,20,22-23,26H,2-3,8-13,15-17H2,1H3/t20-,22?,23+. The smallest absolute Gasteiger partial charge is 0.316 e. The largest absolute Gasteiger partial charge is 0.463 e. The molecule has 2 aliphatic heterocycles. The van der Waals surface area contributed by atoms with Crippen LogP contribution in [0.1, 0.15) is 66.3 Å². The molecule has 1 atom stereocenters. The van der Waals surface area contributed by atoms with Crippen molar-refractivity contribution in [3.05, 3.63) is 52.8 Å². The van der Waals surface area contributed by atoms with E-state index in [9.17, 15) is 0 Å². The molecule has 5 heteroatoms. The average molecular weight is 407 g/mol. The van der Waals surface area contributed by atoms with Gasteiger partial charge in [0.25, 0.3) is 0 Å². The van der Waals surface area contributed by atoms with Gasteiger partial charge in [-0.25, -0.2) is 4.98 Å². The van der Waals surface area contributed by atoms with Crippen LogP contribution < -0.4 is 10.1 Å². The summed E-state index contributed by atoms with van der Waals surface area (Å²) in [4.78, 5) is 11.7. The van der Waals surface area contributed by atoms with Crippen molar-refractivity contribution >= 4 is 0 Å². The maximum absolute atomic E-state index is 5.99. The van der Waals surface area contributed by atoms with Gasteiger partial charge in [0.05, 0.1) is 12.3 Å². The highest BCUT2D eigenvalue weighted by Crippen LogP contribution is 2.41. The molecule has 2 aromatic rings. The van der Waals surface area contributed by atoms with E-state index >= 15 is 0 Å². The third kappa shape index (κ3) is 4.52. The summed E-state index contributed by atoms with van der Waals surface area (Å²) in [6.07, 6.45) is 8.20. The van der Waals surface area contributed by atoms with Crippen molar-refractivity contribution in [2.75, 3.05) is 32.8 Å². The Morgan fingerprint density at radius 2 is 1.90 bits per heavy atom. The van der Waals surface area contributed by atoms with Crippen molar-refractivity contribution in [1.82, 2.24) is 20.2 Å². The van der Waals surface area contributed by atoms with Gasteiger partial charge < -0.3 is 10.1 Å². The fraction of sp³-hybridized carbons (Fsp3) is 0.600. The van der Waals surface area contributed by atoms with Crippen molar-refractivity contribution < 1.29 is 4.74 Å². The van der Waals surface area contributed by atoms with Gasteiger partial charge >= 0.3 is 6.01 Å². The Bertz CT molecular complexity index is 835. The normalized spacial score (nSPS) is 26.6. The summed E-state index contributed by atoms with van der Waals surface area (Å²) >= 11 is 0. The van der Waals surface area contributed by atoms with E-state index in [-0.39, 0.29) is 0 Å². The van der Waals surface area contributed by atoms with Crippen LogP contribution in [0.4, 0.5) is 0 Å². The molecule has 1 unspecified atom stereocenters. The summed E-state index contributed by atoms with van der Waals surface area (Å²) in [5.74, 6) is 1.79. The number of hydrogen-bond donors (Lipinski definition) is 1. The lowest BCUT2D eigenvalue weighted by molar-refractivity contribution is 0.149. The van der Waals surface area contributed by atoms with Crippen LogP contribution in [-0.4, -0.2) is 47.7 Å². The molecule has 0 amide bonds. The lowest BCUT2D eigenvalue weighted by Crippen LogP contribution is -2.27. The highest BCUT2D eigenvalue weighted by Gasteiger charge is 2.31. The maximum Gasteiger partial charge on any atom is 0.316 e. The molecule has 160 valence electrons. The number of aryl methyl sites for hydroxylation is 1. The minimum Gasteiger partial charge on any atom is -0.463 e. The van der Waals surface area contributed by atoms with Gasteiger partial charge in [-0.1, -0.05) is 24.3 Å². The van der Waals surface area contributed by atoms with Crippen LogP contribution in [0.5, 0.6) is 6.01 Å². The summed E-state index contributed by atoms with van der Waals surface area (Å²) in [5.41, 5.74) is 5.27. The molecule has 1 aromatic carbocycles. The molecule has 3 aliphatic rings. The summed E-state index contributed by atoms with van der Waals surface area (Å²) in [6.45, 7) is 8.55. The number of nitrogens with one attached hydrogen (secondary N) is 1. The molecule has 1 saturated carbocycles. The van der Waals surface area contributed by atoms with Gasteiger partial charge in [0.1, 0.15) is 0 Å². The monoisotopic (exact) mass is 406 g/mol. The van der Waals surface area contributed by atoms with Crippen LogP contribution in [0, 0.1) is 12.8 Å². The first-order chi connectivity index (χ1) is 14.7. The Balaban J connectivity index is 1.09. The minimum atomic E-state index is 0.497. The molecule has 0 spiro atoms. The number of rotatable bonds is 7. The highest BCUT2D eigenvalue weighted by atomic mass is 16.5. The van der Waals surface area contributed by atoms with E-state index in [1.54, 1.807) is 0 Å². The fourth-order valence-electron chi connectivity index (χ4n) is 5.24. The van der Waals surface area contributed by atoms with Gasteiger partial charge in [0.15, 0.2) is 0 Å². The lowest BCUT2D eigenvalue weighted by Gasteiger charge is -2.35. The van der Waals surface area contributed by atoms with Crippen LogP contribution in [0.25, 0.3) is 0 Å². The van der Waals surface area contributed by atoms with Crippen molar-refractivity contribution in [2.45, 2.75) is 57.4 Å². The second-order valence-electron chi connectivity index (χ2n) is 9.48. The molecular weight excluding hydrogens is 372 g/mol. The van der Waals surface area contributed by atoms with Crippen LogP contribution >= 0.6 is 0 Å². The molecular formula is C25H34N4O. The molecule has 0 bridgehead atoms. The van der Waals surface area contributed by atoms with E-state index in [4.69, 9.17) is 9.72 Å². The molecule has 3 heterocycles. The molecule has 3 fully saturated rings. The van der Waals surface area contributed by atoms with E-state index in [0.717, 1.165) is 38.4 Å². The average Bonchev–Trinajstić information content (AvgIpc) is 3.43. The Morgan fingerprint density at radius 3 is 2.63 bits per heavy atom. The fourth-order valence-corrected chi connectivity index (χ4v) is 5.24. The predicted molar refractivity (Wildman–Crippen MR) is 119 cm³/mol. The summed E-state index contributed by atoms with van der Waals surface area (Å²) in [7, 11) is 0. The van der Waals surface area contributed by atoms with E-state index < -0.39 is 0 Å². The van der Waals surface area contributed by atoms with Gasteiger partial charge in [-0.2, -0.15) is 4.98 Å². The van der Waals surface area contributed by atoms with E-state index in [2.05, 4.69) is 46.4 Å². The van der Waals surface area contributed by atoms with E-state index in [1.165, 1.54) is 55.5 Å². The van der Waals surface area contributed by atoms with Crippen molar-refractivity contribution in [2.24, 2.45) is 5.92 Å². The highest BCUT2D eigenvalue weighted by molar-refractivity contribution is 5.27. The Hall–Kier alpha value is -1.98. The Labute approximate surface area is 180 Å². The molecule has 1 aromatic heterocycles. The van der Waals surface area contributed by atoms with Crippen LogP contribution in [0.15, 0.2) is 30.5 Å². The molecule has 30 heavy (non-hydrogen) atoms. The summed E-state index contributed by atoms with van der Waals surface area (Å²) in [5, 5.41) is 3.42. The zero-order valence-corrected chi connectivity index (χ0v) is 18.1. The van der Waals surface area contributed by atoms with E-state index in [1.807, 2.05) is 6.20 Å². The SMILES string of the molecule is Cc1cnc(OC[C@H]2C[C@@H](c3ccc(CN4CCCC4)cc3)C2)nc1C1CCNC1. The Kier molecular flexibility index (Phi) is 6.00. The van der Waals surface area contributed by atoms with Gasteiger partial charge in [0.2, 0.25) is 0 Å². The third-order valence-corrected chi connectivity index (χ3v) is 7.18. The lowest BCUT2D eigenvalue weighted by atomic mass is 9.72. The molecule has 0 radical (unpaired) electrons. The number of hydrogen-bond acceptors (Lipinski definition) is 5. The number of likely N-dealkylation sites (tertiary alicyclic amines) is 1. The zero-order valence-electron chi connectivity index (χ0n) is 18.1. The molecule has 1 aliphatic carbocycles. The maximum atomic E-state index is 5.99. The van der Waals surface area contributed by atoms with Crippen LogP contribution in [0.3, 0.4) is 0 Å². The van der Waals surface area contributed by atoms with Crippen molar-refractivity contribution in [3.63, 3.8) is 0 Å². The molecule has 1 N–H and O–H groups in total. The second-order valence-corrected chi connectivity index (χ2v) is 9.48. The summed E-state index contributed by atoms with van der Waals surface area (Å²) in [6, 6.07) is 9.90. The second kappa shape index (κ2) is 9.03. The van der Waals surface area contributed by atoms with Crippen molar-refractivity contribution in [3.8, 4) is 6.01 Å². The van der Waals surface area contributed by atoms with Crippen LogP contribution in [0.2, 0.25) is 0 Å². The van der Waals surface area contributed by atoms with Gasteiger partial charge in [0, 0.05) is 25.2 Å². The van der Waals surface area contributed by atoms with Gasteiger partial charge in [-0.3, -0.25) is 4.90 Å². The quantitative estimate of drug-likeness (QED) is 0.752. The number of nitrogens with zero attached hydrogens (tertiary/aromatic N) is 3. The number of benzene rings is 1. The van der Waals surface area contributed by atoms with Crippen LogP contribution in [-0.2, 0) is 6.54 Å². The van der Waals surface area contributed by atoms with Gasteiger partial charge in [-0.15, -0.1) is 0 Å². The number of aromatic nitrogens is 2. The first kappa shape index (κ1) is 20.0. The third-order valence-electron chi connectivity index (χ3n) is 7.18. The first-order valence-electron chi connectivity index (χ1n) is 11.7. The molecule has 5 nitrogen and oxygen atoms in total. The van der Waals surface area contributed by atoms with Gasteiger partial charge in [-0.05, 0) is 87.2 Å². The van der Waals surface area contributed by atoms with Crippen molar-refractivity contribution in [1.29, 1.82) is 0 Å². The predicted octanol–water partition coefficient (Wildman–Crippen LogP) is 4.03.